The van der Waals surface area contributed by atoms with Crippen molar-refractivity contribution >= 4 is 88.8 Å². The zero-order valence-corrected chi connectivity index (χ0v) is 29.5. The molecule has 0 spiro atoms. The minimum Gasteiger partial charge on any atom is -0.456 e. The van der Waals surface area contributed by atoms with Crippen molar-refractivity contribution in [2.45, 2.75) is 10.3 Å². The van der Waals surface area contributed by atoms with Gasteiger partial charge >= 0.3 is 0 Å². The summed E-state index contributed by atoms with van der Waals surface area (Å²) in [5.74, 6) is 0. The minimum atomic E-state index is 0.0778. The smallest absolute Gasteiger partial charge is 0.135 e. The molecule has 250 valence electrons. The van der Waals surface area contributed by atoms with Crippen LogP contribution in [0.3, 0.4) is 0 Å². The number of benzene rings is 9. The second kappa shape index (κ2) is 12.0. The Morgan fingerprint density at radius 3 is 1.96 bits per heavy atom. The Labute approximate surface area is 311 Å². The van der Waals surface area contributed by atoms with E-state index in [-0.39, 0.29) is 5.37 Å². The maximum atomic E-state index is 6.16. The number of para-hydroxylation sites is 1. The number of nitrogens with zero attached hydrogens (tertiary/aromatic N) is 1. The Balaban J connectivity index is 1.05. The molecule has 0 aliphatic carbocycles. The lowest BCUT2D eigenvalue weighted by molar-refractivity contribution is 0.669. The first-order chi connectivity index (χ1) is 26.2. The van der Waals surface area contributed by atoms with Gasteiger partial charge in [0.05, 0.1) is 5.69 Å². The number of furan rings is 1. The Hall–Kier alpha value is -6.49. The lowest BCUT2D eigenvalue weighted by Crippen LogP contribution is -2.10. The van der Waals surface area contributed by atoms with Gasteiger partial charge in [-0.2, -0.15) is 0 Å². The molecule has 10 aromatic rings. The molecule has 4 heteroatoms. The van der Waals surface area contributed by atoms with Crippen molar-refractivity contribution in [3.8, 4) is 11.1 Å². The van der Waals surface area contributed by atoms with E-state index in [1.807, 2.05) is 23.9 Å². The highest BCUT2D eigenvalue weighted by atomic mass is 32.2. The van der Waals surface area contributed by atoms with E-state index in [2.05, 4.69) is 180 Å². The Kier molecular flexibility index (Phi) is 6.86. The predicted octanol–water partition coefficient (Wildman–Crippen LogP) is 14.4. The summed E-state index contributed by atoms with van der Waals surface area (Å²) < 4.78 is 6.16. The van der Waals surface area contributed by atoms with Crippen molar-refractivity contribution in [3.63, 3.8) is 0 Å². The van der Waals surface area contributed by atoms with Crippen molar-refractivity contribution < 1.29 is 4.42 Å². The second-order valence-electron chi connectivity index (χ2n) is 13.8. The SMILES string of the molecule is c1ccc(-c2ccc(N(c3ccc4ccccc4c3)c3ccc4c5c(c6ccccc6c4c3)SC(c3ccc4oc6ccccc6c4c3)N5)cc2)cc1. The topological polar surface area (TPSA) is 28.4 Å². The first-order valence-corrected chi connectivity index (χ1v) is 18.9. The largest absolute Gasteiger partial charge is 0.456 e. The summed E-state index contributed by atoms with van der Waals surface area (Å²) >= 11 is 1.90. The summed E-state index contributed by atoms with van der Waals surface area (Å²) in [5, 5.41) is 13.8. The minimum absolute atomic E-state index is 0.0778. The zero-order chi connectivity index (χ0) is 34.9. The molecular weight excluding hydrogens is 665 g/mol. The van der Waals surface area contributed by atoms with Crippen LogP contribution in [0.15, 0.2) is 191 Å². The molecule has 9 aromatic carbocycles. The molecule has 0 amide bonds. The fraction of sp³-hybridized carbons (Fsp3) is 0.0204. The van der Waals surface area contributed by atoms with E-state index < -0.39 is 0 Å². The number of hydrogen-bond donors (Lipinski definition) is 1. The highest BCUT2D eigenvalue weighted by molar-refractivity contribution is 8.00. The van der Waals surface area contributed by atoms with Crippen LogP contribution in [0, 0.1) is 0 Å². The molecule has 1 aliphatic heterocycles. The summed E-state index contributed by atoms with van der Waals surface area (Å²) in [6.45, 7) is 0. The third kappa shape index (κ3) is 4.98. The van der Waals surface area contributed by atoms with Gasteiger partial charge in [0, 0.05) is 38.1 Å². The second-order valence-corrected chi connectivity index (χ2v) is 14.9. The maximum Gasteiger partial charge on any atom is 0.135 e. The van der Waals surface area contributed by atoms with Gasteiger partial charge in [-0.1, -0.05) is 139 Å². The van der Waals surface area contributed by atoms with Crippen molar-refractivity contribution in [1.82, 2.24) is 0 Å². The van der Waals surface area contributed by atoms with Crippen LogP contribution in [-0.2, 0) is 0 Å². The van der Waals surface area contributed by atoms with Gasteiger partial charge < -0.3 is 14.6 Å². The third-order valence-corrected chi connectivity index (χ3v) is 11.9. The molecule has 0 fully saturated rings. The summed E-state index contributed by atoms with van der Waals surface area (Å²) in [7, 11) is 0. The molecule has 11 rings (SSSR count). The van der Waals surface area contributed by atoms with Crippen molar-refractivity contribution in [2.75, 3.05) is 10.2 Å². The molecule has 2 heterocycles. The predicted molar refractivity (Wildman–Crippen MR) is 225 cm³/mol. The number of thioether (sulfide) groups is 1. The maximum absolute atomic E-state index is 6.16. The zero-order valence-electron chi connectivity index (χ0n) is 28.7. The van der Waals surface area contributed by atoms with Crippen LogP contribution < -0.4 is 10.2 Å². The molecule has 1 N–H and O–H groups in total. The molecule has 1 aromatic heterocycles. The Bertz CT molecular complexity index is 3020. The number of fused-ring (bicyclic) bond motifs is 10. The monoisotopic (exact) mass is 696 g/mol. The van der Waals surface area contributed by atoms with E-state index >= 15 is 0 Å². The van der Waals surface area contributed by atoms with E-state index in [1.165, 1.54) is 59.6 Å². The van der Waals surface area contributed by atoms with Crippen LogP contribution >= 0.6 is 11.8 Å². The van der Waals surface area contributed by atoms with Crippen molar-refractivity contribution in [3.05, 3.63) is 188 Å². The van der Waals surface area contributed by atoms with Crippen LogP contribution in [0.5, 0.6) is 0 Å². The van der Waals surface area contributed by atoms with Gasteiger partial charge in [-0.05, 0) is 98.2 Å². The van der Waals surface area contributed by atoms with Crippen LogP contribution in [0.2, 0.25) is 0 Å². The highest BCUT2D eigenvalue weighted by Crippen LogP contribution is 2.54. The number of nitrogens with one attached hydrogen (secondary N) is 1. The summed E-state index contributed by atoms with van der Waals surface area (Å²) in [6, 6.07) is 65.6. The standard InChI is InChI=1S/C49H32N2OS/c1-2-10-31(11-3-1)33-18-22-36(23-19-33)51(37-24-20-32-12-4-5-13-34(32)28-37)38-25-26-41-43(30-38)39-14-6-7-16-42(39)48-47(41)50-49(53-48)35-21-27-46-44(29-35)40-15-8-9-17-45(40)52-46/h1-30,49-50H. The quantitative estimate of drug-likeness (QED) is 0.181. The summed E-state index contributed by atoms with van der Waals surface area (Å²) in [4.78, 5) is 3.68. The van der Waals surface area contributed by atoms with E-state index in [9.17, 15) is 0 Å². The fourth-order valence-electron chi connectivity index (χ4n) is 8.08. The molecule has 1 atom stereocenters. The molecule has 1 aliphatic rings. The highest BCUT2D eigenvalue weighted by Gasteiger charge is 2.28. The van der Waals surface area contributed by atoms with Crippen LogP contribution in [0.1, 0.15) is 10.9 Å². The summed E-state index contributed by atoms with van der Waals surface area (Å²) in [6.07, 6.45) is 0. The molecule has 3 nitrogen and oxygen atoms in total. The molecule has 53 heavy (non-hydrogen) atoms. The van der Waals surface area contributed by atoms with Crippen molar-refractivity contribution in [1.29, 1.82) is 0 Å². The van der Waals surface area contributed by atoms with Gasteiger partial charge in [0.15, 0.2) is 0 Å². The Morgan fingerprint density at radius 2 is 1.09 bits per heavy atom. The third-order valence-electron chi connectivity index (χ3n) is 10.7. The molecule has 1 unspecified atom stereocenters. The molecule has 0 bridgehead atoms. The average Bonchev–Trinajstić information content (AvgIpc) is 3.84. The normalized spacial score (nSPS) is 13.9. The summed E-state index contributed by atoms with van der Waals surface area (Å²) in [5.41, 5.74) is 10.0. The first kappa shape index (κ1) is 30.2. The van der Waals surface area contributed by atoms with Gasteiger partial charge in [-0.25, -0.2) is 0 Å². The molecule has 0 saturated heterocycles. The number of rotatable bonds is 5. The fourth-order valence-corrected chi connectivity index (χ4v) is 9.37. The van der Waals surface area contributed by atoms with Crippen LogP contribution in [-0.4, -0.2) is 0 Å². The first-order valence-electron chi connectivity index (χ1n) is 18.0. The average molecular weight is 697 g/mol. The van der Waals surface area contributed by atoms with Crippen LogP contribution in [0.25, 0.3) is 65.4 Å². The Morgan fingerprint density at radius 1 is 0.434 bits per heavy atom. The van der Waals surface area contributed by atoms with E-state index in [0.717, 1.165) is 39.0 Å². The molecule has 0 saturated carbocycles. The number of hydrogen-bond acceptors (Lipinski definition) is 4. The lowest BCUT2D eigenvalue weighted by atomic mass is 9.98. The van der Waals surface area contributed by atoms with Gasteiger partial charge in [0.2, 0.25) is 0 Å². The molecule has 0 radical (unpaired) electrons. The number of anilines is 4. The van der Waals surface area contributed by atoms with E-state index in [1.54, 1.807) is 0 Å². The van der Waals surface area contributed by atoms with Gasteiger partial charge in [-0.15, -0.1) is 0 Å². The van der Waals surface area contributed by atoms with E-state index in [4.69, 9.17) is 4.42 Å². The van der Waals surface area contributed by atoms with Gasteiger partial charge in [-0.3, -0.25) is 0 Å². The van der Waals surface area contributed by atoms with E-state index in [0.29, 0.717) is 0 Å². The van der Waals surface area contributed by atoms with Crippen LogP contribution in [0.4, 0.5) is 22.7 Å². The lowest BCUT2D eigenvalue weighted by Gasteiger charge is -2.27. The van der Waals surface area contributed by atoms with Crippen molar-refractivity contribution in [2.24, 2.45) is 0 Å². The van der Waals surface area contributed by atoms with Gasteiger partial charge in [0.1, 0.15) is 16.5 Å². The van der Waals surface area contributed by atoms with Gasteiger partial charge in [0.25, 0.3) is 0 Å². The molecular formula is C49H32N2OS.